The van der Waals surface area contributed by atoms with E-state index in [0.717, 1.165) is 63.0 Å². The van der Waals surface area contributed by atoms with Gasteiger partial charge in [-0.2, -0.15) is 0 Å². The van der Waals surface area contributed by atoms with Crippen LogP contribution in [0.2, 0.25) is 10.0 Å². The second-order valence-electron chi connectivity index (χ2n) is 8.78. The van der Waals surface area contributed by atoms with Crippen molar-refractivity contribution in [1.82, 2.24) is 20.1 Å². The molecule has 2 fully saturated rings. The summed E-state index contributed by atoms with van der Waals surface area (Å²) in [5.41, 5.74) is 1.80. The van der Waals surface area contributed by atoms with Gasteiger partial charge in [0.1, 0.15) is 5.82 Å². The van der Waals surface area contributed by atoms with E-state index in [2.05, 4.69) is 44.1 Å². The Morgan fingerprint density at radius 3 is 2.47 bits per heavy atom. The summed E-state index contributed by atoms with van der Waals surface area (Å²) in [7, 11) is 1.60. The zero-order valence-corrected chi connectivity index (χ0v) is 20.2. The number of benzene rings is 1. The lowest BCUT2D eigenvalue weighted by Crippen LogP contribution is -2.57. The topological polar surface area (TPSA) is 51.7 Å². The Balaban J connectivity index is 1.30. The number of pyridine rings is 1. The van der Waals surface area contributed by atoms with Crippen LogP contribution < -0.4 is 10.2 Å². The summed E-state index contributed by atoms with van der Waals surface area (Å²) in [6, 6.07) is 11.0. The van der Waals surface area contributed by atoms with Crippen LogP contribution in [0, 0.1) is 0 Å². The predicted octanol–water partition coefficient (Wildman–Crippen LogP) is 3.92. The number of hydrogen-bond acceptors (Lipinski definition) is 5. The molecular formula is C24H31Cl2N5O. The quantitative estimate of drug-likeness (QED) is 0.709. The number of carbonyl (C=O) groups excluding carboxylic acids is 1. The molecule has 1 amide bonds. The van der Waals surface area contributed by atoms with Crippen molar-refractivity contribution in [3.8, 4) is 0 Å². The number of halogens is 2. The molecule has 0 spiro atoms. The van der Waals surface area contributed by atoms with Crippen LogP contribution in [0.5, 0.6) is 0 Å². The van der Waals surface area contributed by atoms with Gasteiger partial charge < -0.3 is 10.2 Å². The minimum absolute atomic E-state index is 0.172. The van der Waals surface area contributed by atoms with Gasteiger partial charge in [0.05, 0.1) is 10.6 Å². The number of amides is 1. The standard InChI is InChI=1S/C24H31Cl2N5O/c1-17-15-29(16-18-3-5-20(25)6-4-18)11-12-31(17)21-7-9-30(10-8-21)23-22(26)13-19(14-28-23)24(32)27-2/h3-6,13-14,17,21H,7-12,15-16H2,1-2H3,(H,27,32)/t17-/m0/s1. The largest absolute Gasteiger partial charge is 0.355 e. The number of carbonyl (C=O) groups is 1. The van der Waals surface area contributed by atoms with E-state index in [1.54, 1.807) is 19.3 Å². The fraction of sp³-hybridized carbons (Fsp3) is 0.500. The first kappa shape index (κ1) is 23.3. The van der Waals surface area contributed by atoms with Gasteiger partial charge in [0.2, 0.25) is 0 Å². The third kappa shape index (κ3) is 5.37. The summed E-state index contributed by atoms with van der Waals surface area (Å²) >= 11 is 12.5. The summed E-state index contributed by atoms with van der Waals surface area (Å²) in [4.78, 5) is 23.7. The van der Waals surface area contributed by atoms with Crippen molar-refractivity contribution in [2.45, 2.75) is 38.4 Å². The maximum Gasteiger partial charge on any atom is 0.252 e. The number of anilines is 1. The molecule has 8 heteroatoms. The first-order valence-corrected chi connectivity index (χ1v) is 12.1. The van der Waals surface area contributed by atoms with Gasteiger partial charge in [-0.3, -0.25) is 14.6 Å². The Morgan fingerprint density at radius 1 is 1.12 bits per heavy atom. The van der Waals surface area contributed by atoms with Crippen LogP contribution in [-0.2, 0) is 6.54 Å². The average molecular weight is 476 g/mol. The third-order valence-corrected chi connectivity index (χ3v) is 7.16. The van der Waals surface area contributed by atoms with Crippen LogP contribution in [0.4, 0.5) is 5.82 Å². The number of hydrogen-bond donors (Lipinski definition) is 1. The molecule has 2 saturated heterocycles. The zero-order valence-electron chi connectivity index (χ0n) is 18.7. The molecule has 2 aliphatic heterocycles. The van der Waals surface area contributed by atoms with Crippen molar-refractivity contribution in [1.29, 1.82) is 0 Å². The van der Waals surface area contributed by atoms with Crippen LogP contribution in [-0.4, -0.2) is 72.5 Å². The highest BCUT2D eigenvalue weighted by Crippen LogP contribution is 2.29. The van der Waals surface area contributed by atoms with Gasteiger partial charge >= 0.3 is 0 Å². The lowest BCUT2D eigenvalue weighted by atomic mass is 9.99. The Morgan fingerprint density at radius 2 is 1.84 bits per heavy atom. The highest BCUT2D eigenvalue weighted by molar-refractivity contribution is 6.33. The summed E-state index contributed by atoms with van der Waals surface area (Å²) < 4.78 is 0. The summed E-state index contributed by atoms with van der Waals surface area (Å²) in [6.45, 7) is 8.43. The molecule has 1 atom stereocenters. The third-order valence-electron chi connectivity index (χ3n) is 6.63. The molecule has 4 rings (SSSR count). The molecule has 0 unspecified atom stereocenters. The molecule has 0 aliphatic carbocycles. The maximum atomic E-state index is 11.8. The molecular weight excluding hydrogens is 445 g/mol. The van der Waals surface area contributed by atoms with E-state index in [0.29, 0.717) is 22.7 Å². The van der Waals surface area contributed by atoms with Crippen LogP contribution >= 0.6 is 23.2 Å². The van der Waals surface area contributed by atoms with Gasteiger partial charge in [-0.15, -0.1) is 0 Å². The van der Waals surface area contributed by atoms with Crippen LogP contribution in [0.3, 0.4) is 0 Å². The molecule has 0 saturated carbocycles. The number of piperidine rings is 1. The minimum atomic E-state index is -0.172. The van der Waals surface area contributed by atoms with Crippen LogP contribution in [0.15, 0.2) is 36.5 Å². The van der Waals surface area contributed by atoms with Crippen molar-refractivity contribution in [2.75, 3.05) is 44.7 Å². The molecule has 0 bridgehead atoms. The molecule has 2 aromatic rings. The van der Waals surface area contributed by atoms with Crippen molar-refractivity contribution in [2.24, 2.45) is 0 Å². The zero-order chi connectivity index (χ0) is 22.7. The van der Waals surface area contributed by atoms with Crippen molar-refractivity contribution >= 4 is 34.9 Å². The van der Waals surface area contributed by atoms with E-state index in [9.17, 15) is 4.79 Å². The Hall–Kier alpha value is -1.86. The second kappa shape index (κ2) is 10.4. The number of nitrogens with one attached hydrogen (secondary N) is 1. The molecule has 1 aromatic carbocycles. The first-order chi connectivity index (χ1) is 15.4. The maximum absolute atomic E-state index is 11.8. The normalized spacial score (nSPS) is 21.0. The fourth-order valence-electron chi connectivity index (χ4n) is 4.92. The Labute approximate surface area is 200 Å². The van der Waals surface area contributed by atoms with Crippen LogP contribution in [0.25, 0.3) is 0 Å². The van der Waals surface area contributed by atoms with Crippen LogP contribution in [0.1, 0.15) is 35.7 Å². The highest BCUT2D eigenvalue weighted by Gasteiger charge is 2.32. The summed E-state index contributed by atoms with van der Waals surface area (Å²) in [5.74, 6) is 0.604. The number of piperazine rings is 1. The molecule has 172 valence electrons. The minimum Gasteiger partial charge on any atom is -0.355 e. The molecule has 0 radical (unpaired) electrons. The van der Waals surface area contributed by atoms with E-state index < -0.39 is 0 Å². The number of aromatic nitrogens is 1. The number of rotatable bonds is 5. The van der Waals surface area contributed by atoms with E-state index in [1.165, 1.54) is 5.56 Å². The van der Waals surface area contributed by atoms with Gasteiger partial charge in [-0.25, -0.2) is 4.98 Å². The van der Waals surface area contributed by atoms with Gasteiger partial charge in [-0.05, 0) is 43.5 Å². The molecule has 3 heterocycles. The summed E-state index contributed by atoms with van der Waals surface area (Å²) in [6.07, 6.45) is 3.79. The van der Waals surface area contributed by atoms with Crippen molar-refractivity contribution in [3.05, 3.63) is 57.7 Å². The monoisotopic (exact) mass is 475 g/mol. The van der Waals surface area contributed by atoms with Crippen molar-refractivity contribution < 1.29 is 4.79 Å². The van der Waals surface area contributed by atoms with Crippen molar-refractivity contribution in [3.63, 3.8) is 0 Å². The predicted molar refractivity (Wildman–Crippen MR) is 131 cm³/mol. The lowest BCUT2D eigenvalue weighted by Gasteiger charge is -2.46. The Bertz CT molecular complexity index is 930. The number of nitrogens with zero attached hydrogens (tertiary/aromatic N) is 4. The SMILES string of the molecule is CNC(=O)c1cnc(N2CCC(N3CCN(Cc4ccc(Cl)cc4)C[C@@H]3C)CC2)c(Cl)c1. The molecule has 6 nitrogen and oxygen atoms in total. The van der Waals surface area contributed by atoms with E-state index in [1.807, 2.05) is 12.1 Å². The molecule has 32 heavy (non-hydrogen) atoms. The first-order valence-electron chi connectivity index (χ1n) is 11.3. The average Bonchev–Trinajstić information content (AvgIpc) is 2.80. The van der Waals surface area contributed by atoms with E-state index in [4.69, 9.17) is 23.2 Å². The molecule has 2 aliphatic rings. The lowest BCUT2D eigenvalue weighted by molar-refractivity contribution is 0.0367. The van der Waals surface area contributed by atoms with Gasteiger partial charge in [0, 0.05) is 69.6 Å². The smallest absolute Gasteiger partial charge is 0.252 e. The van der Waals surface area contributed by atoms with Gasteiger partial charge in [0.25, 0.3) is 5.91 Å². The Kier molecular flexibility index (Phi) is 7.56. The van der Waals surface area contributed by atoms with E-state index >= 15 is 0 Å². The van der Waals surface area contributed by atoms with Gasteiger partial charge in [-0.1, -0.05) is 35.3 Å². The van der Waals surface area contributed by atoms with E-state index in [-0.39, 0.29) is 5.91 Å². The second-order valence-corrected chi connectivity index (χ2v) is 9.62. The molecule has 1 aromatic heterocycles. The summed E-state index contributed by atoms with van der Waals surface area (Å²) in [5, 5.41) is 3.93. The molecule has 1 N–H and O–H groups in total. The van der Waals surface area contributed by atoms with Gasteiger partial charge in [0.15, 0.2) is 0 Å². The fourth-order valence-corrected chi connectivity index (χ4v) is 5.33. The highest BCUT2D eigenvalue weighted by atomic mass is 35.5.